The zero-order valence-electron chi connectivity index (χ0n) is 24.1. The molecular formula is C41H32N2. The van der Waals surface area contributed by atoms with Crippen LogP contribution in [0.5, 0.6) is 0 Å². The van der Waals surface area contributed by atoms with E-state index >= 15 is 0 Å². The highest BCUT2D eigenvalue weighted by atomic mass is 14.8. The number of benzene rings is 7. The fourth-order valence-corrected chi connectivity index (χ4v) is 6.38. The van der Waals surface area contributed by atoms with Gasteiger partial charge in [0.25, 0.3) is 0 Å². The summed E-state index contributed by atoms with van der Waals surface area (Å²) in [4.78, 5) is 0. The Kier molecular flexibility index (Phi) is 7.02. The van der Waals surface area contributed by atoms with Crippen LogP contribution in [0.4, 0.5) is 5.69 Å². The molecule has 1 aliphatic carbocycles. The molecule has 2 N–H and O–H groups in total. The van der Waals surface area contributed by atoms with Crippen LogP contribution in [0, 0.1) is 5.41 Å². The molecule has 0 saturated heterocycles. The maximum absolute atomic E-state index is 7.97. The van der Waals surface area contributed by atoms with Crippen molar-refractivity contribution in [2.75, 3.05) is 12.4 Å². The average Bonchev–Trinajstić information content (AvgIpc) is 3.50. The molecule has 0 atom stereocenters. The lowest BCUT2D eigenvalue weighted by Crippen LogP contribution is -1.99. The Bertz CT molecular complexity index is 2050. The molecule has 7 aromatic rings. The van der Waals surface area contributed by atoms with E-state index in [1.807, 2.05) is 67.7 Å². The SMILES string of the molecule is CNc1cccc(-c2cccc3c2-c2c(c4ccccc4c4ccccc24)C3)c1.N=C(c1ccccc1)c1ccccc1. The highest BCUT2D eigenvalue weighted by molar-refractivity contribution is 6.18. The number of rotatable bonds is 4. The van der Waals surface area contributed by atoms with E-state index in [0.717, 1.165) is 23.2 Å². The largest absolute Gasteiger partial charge is 0.388 e. The fourth-order valence-electron chi connectivity index (χ4n) is 6.38. The summed E-state index contributed by atoms with van der Waals surface area (Å²) in [7, 11) is 1.98. The summed E-state index contributed by atoms with van der Waals surface area (Å²) in [6, 6.07) is 52.8. The van der Waals surface area contributed by atoms with Crippen molar-refractivity contribution in [2.24, 2.45) is 0 Å². The second-order valence-electron chi connectivity index (χ2n) is 10.9. The van der Waals surface area contributed by atoms with E-state index in [4.69, 9.17) is 5.41 Å². The van der Waals surface area contributed by atoms with Gasteiger partial charge in [-0.3, -0.25) is 5.41 Å². The third-order valence-corrected chi connectivity index (χ3v) is 8.40. The monoisotopic (exact) mass is 552 g/mol. The van der Waals surface area contributed by atoms with Crippen LogP contribution in [0.2, 0.25) is 0 Å². The predicted molar refractivity (Wildman–Crippen MR) is 183 cm³/mol. The molecule has 0 amide bonds. The standard InChI is InChI=1S/C28H21N.C13H11N/c1-29-20-10-6-8-18(16-20)21-15-7-9-19-17-26-24-13-3-2-11-22(24)23-12-4-5-14-25(23)28(26)27(19)21;14-13(11-7-3-1-4-8-11)12-9-5-2-6-10-12/h2-16,29H,17H2,1H3;1-10,14H. The molecule has 206 valence electrons. The Labute approximate surface area is 252 Å². The lowest BCUT2D eigenvalue weighted by atomic mass is 9.89. The van der Waals surface area contributed by atoms with Crippen molar-refractivity contribution in [1.29, 1.82) is 5.41 Å². The van der Waals surface area contributed by atoms with E-state index in [0.29, 0.717) is 5.71 Å². The van der Waals surface area contributed by atoms with E-state index < -0.39 is 0 Å². The minimum absolute atomic E-state index is 0.575. The number of fused-ring (bicyclic) bond motifs is 8. The third-order valence-electron chi connectivity index (χ3n) is 8.40. The van der Waals surface area contributed by atoms with Crippen molar-refractivity contribution in [3.63, 3.8) is 0 Å². The molecule has 2 nitrogen and oxygen atoms in total. The van der Waals surface area contributed by atoms with Crippen molar-refractivity contribution in [2.45, 2.75) is 6.42 Å². The van der Waals surface area contributed by atoms with Crippen LogP contribution in [0.25, 0.3) is 43.8 Å². The molecule has 0 unspecified atom stereocenters. The Morgan fingerprint density at radius 2 is 1.09 bits per heavy atom. The fraction of sp³-hybridized carbons (Fsp3) is 0.0488. The van der Waals surface area contributed by atoms with Crippen LogP contribution < -0.4 is 5.32 Å². The van der Waals surface area contributed by atoms with Gasteiger partial charge in [0.15, 0.2) is 0 Å². The first-order valence-electron chi connectivity index (χ1n) is 14.7. The van der Waals surface area contributed by atoms with E-state index in [2.05, 4.69) is 96.3 Å². The zero-order valence-corrected chi connectivity index (χ0v) is 24.1. The first kappa shape index (κ1) is 26.4. The van der Waals surface area contributed by atoms with Gasteiger partial charge in [-0.1, -0.05) is 140 Å². The molecular weight excluding hydrogens is 520 g/mol. The van der Waals surface area contributed by atoms with Crippen LogP contribution in [0.3, 0.4) is 0 Å². The lowest BCUT2D eigenvalue weighted by molar-refractivity contribution is 1.29. The lowest BCUT2D eigenvalue weighted by Gasteiger charge is -2.15. The molecule has 0 saturated carbocycles. The van der Waals surface area contributed by atoms with Crippen molar-refractivity contribution < 1.29 is 0 Å². The summed E-state index contributed by atoms with van der Waals surface area (Å²) in [5.41, 5.74) is 11.9. The molecule has 0 fully saturated rings. The Hall–Kier alpha value is -5.47. The first-order chi connectivity index (χ1) is 21.2. The predicted octanol–water partition coefficient (Wildman–Crippen LogP) is 10.4. The second kappa shape index (κ2) is 11.4. The summed E-state index contributed by atoms with van der Waals surface area (Å²) in [5.74, 6) is 0. The molecule has 1 aliphatic rings. The number of hydrogen-bond acceptors (Lipinski definition) is 2. The van der Waals surface area contributed by atoms with Gasteiger partial charge in [0.2, 0.25) is 0 Å². The van der Waals surface area contributed by atoms with Gasteiger partial charge in [0.05, 0.1) is 5.71 Å². The molecule has 0 spiro atoms. The maximum atomic E-state index is 7.97. The summed E-state index contributed by atoms with van der Waals surface area (Å²) < 4.78 is 0. The Morgan fingerprint density at radius 3 is 1.74 bits per heavy atom. The van der Waals surface area contributed by atoms with Crippen molar-refractivity contribution >= 4 is 32.9 Å². The molecule has 7 aromatic carbocycles. The van der Waals surface area contributed by atoms with Gasteiger partial charge in [-0.05, 0) is 84.6 Å². The average molecular weight is 553 g/mol. The molecule has 0 aliphatic heterocycles. The second-order valence-corrected chi connectivity index (χ2v) is 10.9. The quantitative estimate of drug-likeness (QED) is 0.165. The topological polar surface area (TPSA) is 35.9 Å². The van der Waals surface area contributed by atoms with Gasteiger partial charge in [0, 0.05) is 12.7 Å². The number of nitrogens with one attached hydrogen (secondary N) is 2. The number of hydrogen-bond donors (Lipinski definition) is 2. The van der Waals surface area contributed by atoms with Crippen molar-refractivity contribution in [1.82, 2.24) is 0 Å². The molecule has 43 heavy (non-hydrogen) atoms. The Balaban J connectivity index is 0.000000180. The summed E-state index contributed by atoms with van der Waals surface area (Å²) in [5, 5.41) is 16.7. The maximum Gasteiger partial charge on any atom is 0.0684 e. The van der Waals surface area contributed by atoms with Crippen LogP contribution in [0.1, 0.15) is 22.3 Å². The minimum atomic E-state index is 0.575. The van der Waals surface area contributed by atoms with Gasteiger partial charge in [0.1, 0.15) is 0 Å². The zero-order chi connectivity index (χ0) is 29.2. The highest BCUT2D eigenvalue weighted by Gasteiger charge is 2.26. The first-order valence-corrected chi connectivity index (χ1v) is 14.7. The highest BCUT2D eigenvalue weighted by Crippen LogP contribution is 2.49. The minimum Gasteiger partial charge on any atom is -0.388 e. The van der Waals surface area contributed by atoms with E-state index in [1.54, 1.807) is 0 Å². The van der Waals surface area contributed by atoms with Gasteiger partial charge in [-0.2, -0.15) is 0 Å². The van der Waals surface area contributed by atoms with Crippen molar-refractivity contribution in [3.8, 4) is 22.3 Å². The van der Waals surface area contributed by atoms with E-state index in [-0.39, 0.29) is 0 Å². The molecule has 8 rings (SSSR count). The normalized spacial score (nSPS) is 11.4. The molecule has 0 bridgehead atoms. The summed E-state index contributed by atoms with van der Waals surface area (Å²) >= 11 is 0. The number of anilines is 1. The van der Waals surface area contributed by atoms with Gasteiger partial charge < -0.3 is 5.32 Å². The van der Waals surface area contributed by atoms with E-state index in [9.17, 15) is 0 Å². The molecule has 2 heteroatoms. The smallest absolute Gasteiger partial charge is 0.0684 e. The van der Waals surface area contributed by atoms with Crippen LogP contribution >= 0.6 is 0 Å². The molecule has 0 radical (unpaired) electrons. The summed E-state index contributed by atoms with van der Waals surface area (Å²) in [6.45, 7) is 0. The van der Waals surface area contributed by atoms with Crippen LogP contribution in [-0.4, -0.2) is 12.8 Å². The van der Waals surface area contributed by atoms with Gasteiger partial charge in [-0.25, -0.2) is 0 Å². The van der Waals surface area contributed by atoms with Gasteiger partial charge >= 0.3 is 0 Å². The van der Waals surface area contributed by atoms with Gasteiger partial charge in [-0.15, -0.1) is 0 Å². The van der Waals surface area contributed by atoms with Crippen molar-refractivity contribution in [3.05, 3.63) is 174 Å². The van der Waals surface area contributed by atoms with E-state index in [1.165, 1.54) is 54.9 Å². The van der Waals surface area contributed by atoms with Crippen LogP contribution in [-0.2, 0) is 6.42 Å². The third kappa shape index (κ3) is 4.87. The Morgan fingerprint density at radius 1 is 0.535 bits per heavy atom. The van der Waals surface area contributed by atoms with Crippen LogP contribution in [0.15, 0.2) is 152 Å². The molecule has 0 aromatic heterocycles. The molecule has 0 heterocycles. The summed E-state index contributed by atoms with van der Waals surface area (Å²) in [6.07, 6.45) is 0.996.